The van der Waals surface area contributed by atoms with Crippen LogP contribution in [0.15, 0.2) is 0 Å². The molecule has 1 rings (SSSR count). The first-order valence-corrected chi connectivity index (χ1v) is 14.8. The number of hydrogen-bond donors (Lipinski definition) is 0. The van der Waals surface area contributed by atoms with Gasteiger partial charge in [0.25, 0.3) is 5.66 Å². The van der Waals surface area contributed by atoms with Gasteiger partial charge in [0.2, 0.25) is 0 Å². The molecule has 0 aromatic heterocycles. The molecule has 11 heteroatoms. The van der Waals surface area contributed by atoms with Gasteiger partial charge in [-0.3, -0.25) is 0 Å². The highest BCUT2D eigenvalue weighted by molar-refractivity contribution is 7.66. The molecule has 0 aliphatic rings. The summed E-state index contributed by atoms with van der Waals surface area (Å²) in [6, 6.07) is 0. The van der Waals surface area contributed by atoms with Gasteiger partial charge in [-0.05, 0) is 37.8 Å². The summed E-state index contributed by atoms with van der Waals surface area (Å²) in [5, 5.41) is -1.30. The normalized spacial score (nSPS) is 15.9. The SMILES string of the molecule is CCCC(CC)CCC(C)CP(c1c(F)c(C)c(F)c(F)c1F)C(F)(F)C(F)CCCCCCC(F)(F)F. The molecule has 0 saturated heterocycles. The number of halogens is 10. The standard InChI is InChI=1S/C27H39F10P/c1-5-11-19(6-2)14-13-17(3)16-38(25-22(30)18(4)21(29)23(31)24(25)32)27(36,37)20(28)12-9-7-8-10-15-26(33,34)35/h17,19-20H,5-16H2,1-4H3. The average Bonchev–Trinajstić information content (AvgIpc) is 2.84. The first kappa shape index (κ1) is 35.0. The Bertz CT molecular complexity index is 826. The third-order valence-electron chi connectivity index (χ3n) is 6.97. The summed E-state index contributed by atoms with van der Waals surface area (Å²) in [5.74, 6) is -7.78. The van der Waals surface area contributed by atoms with Crippen molar-refractivity contribution in [3.8, 4) is 0 Å². The monoisotopic (exact) mass is 584 g/mol. The zero-order chi connectivity index (χ0) is 29.3. The zero-order valence-corrected chi connectivity index (χ0v) is 23.3. The first-order valence-electron chi connectivity index (χ1n) is 13.3. The molecule has 0 saturated carbocycles. The lowest BCUT2D eigenvalue weighted by molar-refractivity contribution is -0.135. The van der Waals surface area contributed by atoms with Crippen LogP contribution in [0, 0.1) is 42.0 Å². The smallest absolute Gasteiger partial charge is 0.240 e. The van der Waals surface area contributed by atoms with E-state index >= 15 is 8.78 Å². The van der Waals surface area contributed by atoms with Crippen LogP contribution in [0.3, 0.4) is 0 Å². The summed E-state index contributed by atoms with van der Waals surface area (Å²) in [6.07, 6.45) is -5.83. The van der Waals surface area contributed by atoms with E-state index in [0.717, 1.165) is 26.2 Å². The number of alkyl halides is 6. The zero-order valence-electron chi connectivity index (χ0n) is 22.4. The van der Waals surface area contributed by atoms with Gasteiger partial charge in [-0.25, -0.2) is 22.0 Å². The van der Waals surface area contributed by atoms with Crippen molar-refractivity contribution in [2.24, 2.45) is 11.8 Å². The molecule has 0 amide bonds. The van der Waals surface area contributed by atoms with Crippen molar-refractivity contribution < 1.29 is 43.9 Å². The Morgan fingerprint density at radius 1 is 0.737 bits per heavy atom. The fourth-order valence-corrected chi connectivity index (χ4v) is 7.30. The van der Waals surface area contributed by atoms with Crippen LogP contribution in [0.25, 0.3) is 0 Å². The van der Waals surface area contributed by atoms with Crippen LogP contribution >= 0.6 is 7.92 Å². The third-order valence-corrected chi connectivity index (χ3v) is 9.89. The lowest BCUT2D eigenvalue weighted by atomic mass is 9.92. The van der Waals surface area contributed by atoms with Gasteiger partial charge in [0, 0.05) is 19.9 Å². The second kappa shape index (κ2) is 15.7. The lowest BCUT2D eigenvalue weighted by Gasteiger charge is -2.33. The maximum Gasteiger partial charge on any atom is 0.389 e. The fourth-order valence-electron chi connectivity index (χ4n) is 4.56. The Morgan fingerprint density at radius 3 is 1.89 bits per heavy atom. The molecule has 0 fully saturated rings. The minimum absolute atomic E-state index is 0.0611. The van der Waals surface area contributed by atoms with Gasteiger partial charge in [-0.15, -0.1) is 0 Å². The summed E-state index contributed by atoms with van der Waals surface area (Å²) in [5.41, 5.74) is -5.22. The predicted octanol–water partition coefficient (Wildman–Crippen LogP) is 10.7. The molecule has 0 aliphatic carbocycles. The Morgan fingerprint density at radius 2 is 1.34 bits per heavy atom. The van der Waals surface area contributed by atoms with E-state index < -0.39 is 85.0 Å². The molecule has 0 aliphatic heterocycles. The van der Waals surface area contributed by atoms with Gasteiger partial charge in [0.1, 0.15) is 5.82 Å². The quantitative estimate of drug-likeness (QED) is 0.0562. The second-order valence-electron chi connectivity index (χ2n) is 10.2. The lowest BCUT2D eigenvalue weighted by Crippen LogP contribution is -2.36. The molecule has 0 N–H and O–H groups in total. The molecule has 0 bridgehead atoms. The predicted molar refractivity (Wildman–Crippen MR) is 133 cm³/mol. The number of benzene rings is 1. The molecule has 0 nitrogen and oxygen atoms in total. The van der Waals surface area contributed by atoms with Crippen molar-refractivity contribution in [1.29, 1.82) is 0 Å². The molecular formula is C27H39F10P. The van der Waals surface area contributed by atoms with Crippen LogP contribution in [-0.2, 0) is 0 Å². The van der Waals surface area contributed by atoms with Crippen molar-refractivity contribution >= 4 is 13.2 Å². The van der Waals surface area contributed by atoms with Crippen LogP contribution in [0.5, 0.6) is 0 Å². The Balaban J connectivity index is 3.16. The summed E-state index contributed by atoms with van der Waals surface area (Å²) in [7, 11) is -3.26. The van der Waals surface area contributed by atoms with E-state index in [-0.39, 0.29) is 25.7 Å². The summed E-state index contributed by atoms with van der Waals surface area (Å²) < 4.78 is 141. The average molecular weight is 585 g/mol. The van der Waals surface area contributed by atoms with E-state index in [1.54, 1.807) is 6.92 Å². The van der Waals surface area contributed by atoms with Crippen LogP contribution < -0.4 is 5.30 Å². The van der Waals surface area contributed by atoms with Crippen LogP contribution in [-0.4, -0.2) is 24.2 Å². The van der Waals surface area contributed by atoms with Crippen LogP contribution in [0.1, 0.15) is 97.0 Å². The molecule has 1 aromatic rings. The first-order chi connectivity index (χ1) is 17.6. The van der Waals surface area contributed by atoms with E-state index in [0.29, 0.717) is 18.8 Å². The second-order valence-corrected chi connectivity index (χ2v) is 12.5. The largest absolute Gasteiger partial charge is 0.389 e. The highest BCUT2D eigenvalue weighted by Crippen LogP contribution is 2.57. The molecule has 1 aromatic carbocycles. The molecule has 0 heterocycles. The summed E-state index contributed by atoms with van der Waals surface area (Å²) in [6.45, 7) is 6.43. The molecule has 0 radical (unpaired) electrons. The van der Waals surface area contributed by atoms with E-state index in [1.807, 2.05) is 13.8 Å². The highest BCUT2D eigenvalue weighted by Gasteiger charge is 2.51. The third kappa shape index (κ3) is 10.2. The van der Waals surface area contributed by atoms with Crippen molar-refractivity contribution in [3.05, 3.63) is 28.8 Å². The summed E-state index contributed by atoms with van der Waals surface area (Å²) in [4.78, 5) is 0. The van der Waals surface area contributed by atoms with E-state index in [2.05, 4.69) is 0 Å². The van der Waals surface area contributed by atoms with Gasteiger partial charge in [-0.1, -0.05) is 72.1 Å². The van der Waals surface area contributed by atoms with Crippen LogP contribution in [0.2, 0.25) is 0 Å². The van der Waals surface area contributed by atoms with Crippen molar-refractivity contribution in [1.82, 2.24) is 0 Å². The minimum atomic E-state index is -4.34. The maximum absolute atomic E-state index is 15.5. The van der Waals surface area contributed by atoms with E-state index in [1.165, 1.54) is 0 Å². The van der Waals surface area contributed by atoms with Gasteiger partial charge < -0.3 is 0 Å². The topological polar surface area (TPSA) is 0 Å². The van der Waals surface area contributed by atoms with Crippen molar-refractivity contribution in [2.45, 2.75) is 116 Å². The Kier molecular flexibility index (Phi) is 14.4. The molecule has 0 spiro atoms. The van der Waals surface area contributed by atoms with Crippen LogP contribution in [0.4, 0.5) is 43.9 Å². The number of unbranched alkanes of at least 4 members (excludes halogenated alkanes) is 3. The molecule has 4 atom stereocenters. The minimum Gasteiger partial charge on any atom is -0.240 e. The number of hydrogen-bond acceptors (Lipinski definition) is 0. The van der Waals surface area contributed by atoms with Crippen molar-refractivity contribution in [3.63, 3.8) is 0 Å². The molecule has 4 unspecified atom stereocenters. The van der Waals surface area contributed by atoms with E-state index in [4.69, 9.17) is 0 Å². The summed E-state index contributed by atoms with van der Waals surface area (Å²) >= 11 is 0. The van der Waals surface area contributed by atoms with Gasteiger partial charge in [0.15, 0.2) is 23.6 Å². The molecule has 222 valence electrons. The maximum atomic E-state index is 15.5. The Labute approximate surface area is 220 Å². The molecular weight excluding hydrogens is 545 g/mol. The van der Waals surface area contributed by atoms with Gasteiger partial charge >= 0.3 is 6.18 Å². The molecule has 38 heavy (non-hydrogen) atoms. The van der Waals surface area contributed by atoms with Gasteiger partial charge in [0.05, 0.1) is 5.30 Å². The van der Waals surface area contributed by atoms with Crippen molar-refractivity contribution in [2.75, 3.05) is 6.16 Å². The van der Waals surface area contributed by atoms with E-state index in [9.17, 15) is 35.1 Å². The van der Waals surface area contributed by atoms with Gasteiger partial charge in [-0.2, -0.15) is 22.0 Å². The fraction of sp³-hybridized carbons (Fsp3) is 0.778. The Hall–Kier alpha value is -1.05. The number of rotatable bonds is 17. The highest BCUT2D eigenvalue weighted by atomic mass is 31.1.